The molecule has 0 unspecified atom stereocenters. The van der Waals surface area contributed by atoms with Crippen LogP contribution in [0.3, 0.4) is 0 Å². The minimum Gasteiger partial charge on any atom is -0.497 e. The Balaban J connectivity index is 1.42. The van der Waals surface area contributed by atoms with Crippen LogP contribution in [0.25, 0.3) is 10.8 Å². The van der Waals surface area contributed by atoms with Crippen LogP contribution in [0, 0.1) is 0 Å². The zero-order chi connectivity index (χ0) is 18.6. The number of hydrogen-bond acceptors (Lipinski definition) is 3. The molecule has 0 bridgehead atoms. The van der Waals surface area contributed by atoms with Crippen LogP contribution in [0.5, 0.6) is 5.75 Å². The quantitative estimate of drug-likeness (QED) is 0.741. The molecular formula is C23H24N2O2. The van der Waals surface area contributed by atoms with Crippen molar-refractivity contribution < 1.29 is 9.53 Å². The van der Waals surface area contributed by atoms with Crippen LogP contribution in [-0.2, 0) is 0 Å². The average Bonchev–Trinajstić information content (AvgIpc) is 2.73. The molecule has 0 saturated carbocycles. The summed E-state index contributed by atoms with van der Waals surface area (Å²) < 4.78 is 5.28. The summed E-state index contributed by atoms with van der Waals surface area (Å²) in [6, 6.07) is 22.4. The molecule has 1 aliphatic rings. The number of benzene rings is 3. The van der Waals surface area contributed by atoms with E-state index in [1.165, 1.54) is 0 Å². The summed E-state index contributed by atoms with van der Waals surface area (Å²) in [5, 5.41) is 5.70. The van der Waals surface area contributed by atoms with Crippen molar-refractivity contribution in [3.63, 3.8) is 0 Å². The van der Waals surface area contributed by atoms with E-state index in [-0.39, 0.29) is 5.91 Å². The number of methoxy groups -OCH3 is 1. The summed E-state index contributed by atoms with van der Waals surface area (Å²) >= 11 is 0. The van der Waals surface area contributed by atoms with E-state index in [1.807, 2.05) is 53.4 Å². The highest BCUT2D eigenvalue weighted by Gasteiger charge is 2.24. The highest BCUT2D eigenvalue weighted by atomic mass is 16.5. The van der Waals surface area contributed by atoms with Crippen LogP contribution in [0.4, 0.5) is 5.69 Å². The van der Waals surface area contributed by atoms with Crippen LogP contribution in [0.15, 0.2) is 66.7 Å². The van der Waals surface area contributed by atoms with E-state index in [2.05, 4.69) is 23.5 Å². The Kier molecular flexibility index (Phi) is 4.97. The Hall–Kier alpha value is -3.01. The Bertz CT molecular complexity index is 941. The molecule has 3 aromatic carbocycles. The molecule has 27 heavy (non-hydrogen) atoms. The van der Waals surface area contributed by atoms with Crippen molar-refractivity contribution in [2.45, 2.75) is 18.9 Å². The van der Waals surface area contributed by atoms with Crippen LogP contribution in [0.2, 0.25) is 0 Å². The Morgan fingerprint density at radius 1 is 1.00 bits per heavy atom. The number of hydrogen-bond donors (Lipinski definition) is 1. The van der Waals surface area contributed by atoms with Gasteiger partial charge in [0.15, 0.2) is 0 Å². The molecule has 0 atom stereocenters. The van der Waals surface area contributed by atoms with Gasteiger partial charge in [0.2, 0.25) is 0 Å². The van der Waals surface area contributed by atoms with Crippen molar-refractivity contribution in [1.29, 1.82) is 0 Å². The summed E-state index contributed by atoms with van der Waals surface area (Å²) in [6.07, 6.45) is 1.88. The highest BCUT2D eigenvalue weighted by molar-refractivity contribution is 6.07. The minimum absolute atomic E-state index is 0.131. The lowest BCUT2D eigenvalue weighted by molar-refractivity contribution is 0.0720. The molecule has 1 heterocycles. The van der Waals surface area contributed by atoms with Gasteiger partial charge in [0.1, 0.15) is 5.75 Å². The first-order valence-corrected chi connectivity index (χ1v) is 9.42. The summed E-state index contributed by atoms with van der Waals surface area (Å²) in [5.41, 5.74) is 1.86. The fourth-order valence-electron chi connectivity index (χ4n) is 3.76. The number of carbonyl (C=O) groups excluding carboxylic acids is 1. The Morgan fingerprint density at radius 3 is 2.56 bits per heavy atom. The van der Waals surface area contributed by atoms with Crippen molar-refractivity contribution in [2.24, 2.45) is 0 Å². The number of amides is 1. The number of nitrogens with one attached hydrogen (secondary N) is 1. The van der Waals surface area contributed by atoms with Crippen molar-refractivity contribution in [3.05, 3.63) is 72.3 Å². The van der Waals surface area contributed by atoms with Gasteiger partial charge in [0.05, 0.1) is 7.11 Å². The zero-order valence-electron chi connectivity index (χ0n) is 15.5. The molecule has 1 amide bonds. The maximum absolute atomic E-state index is 13.1. The van der Waals surface area contributed by atoms with E-state index >= 15 is 0 Å². The molecule has 0 aliphatic carbocycles. The third-order valence-electron chi connectivity index (χ3n) is 5.24. The first kappa shape index (κ1) is 17.4. The molecule has 0 aromatic heterocycles. The lowest BCUT2D eigenvalue weighted by Gasteiger charge is -2.33. The van der Waals surface area contributed by atoms with Crippen LogP contribution in [0.1, 0.15) is 23.2 Å². The fourth-order valence-corrected chi connectivity index (χ4v) is 3.76. The predicted octanol–water partition coefficient (Wildman–Crippen LogP) is 4.57. The lowest BCUT2D eigenvalue weighted by atomic mass is 10.0. The number of nitrogens with zero attached hydrogens (tertiary/aromatic N) is 1. The molecule has 1 fully saturated rings. The minimum atomic E-state index is 0.131. The maximum atomic E-state index is 13.1. The van der Waals surface area contributed by atoms with E-state index in [1.54, 1.807) is 7.11 Å². The van der Waals surface area contributed by atoms with Gasteiger partial charge in [-0.3, -0.25) is 4.79 Å². The topological polar surface area (TPSA) is 41.6 Å². The van der Waals surface area contributed by atoms with Gasteiger partial charge in [-0.1, -0.05) is 42.5 Å². The number of rotatable bonds is 4. The highest BCUT2D eigenvalue weighted by Crippen LogP contribution is 2.24. The molecular weight excluding hydrogens is 336 g/mol. The maximum Gasteiger partial charge on any atom is 0.254 e. The Morgan fingerprint density at radius 2 is 1.74 bits per heavy atom. The van der Waals surface area contributed by atoms with Crippen LogP contribution >= 0.6 is 0 Å². The van der Waals surface area contributed by atoms with Crippen molar-refractivity contribution >= 4 is 22.4 Å². The molecule has 138 valence electrons. The first-order chi connectivity index (χ1) is 13.2. The van der Waals surface area contributed by atoms with Gasteiger partial charge in [-0.2, -0.15) is 0 Å². The molecule has 0 radical (unpaired) electrons. The number of ether oxygens (including phenoxy) is 1. The van der Waals surface area contributed by atoms with Gasteiger partial charge in [-0.15, -0.1) is 0 Å². The molecule has 4 heteroatoms. The molecule has 4 nitrogen and oxygen atoms in total. The lowest BCUT2D eigenvalue weighted by Crippen LogP contribution is -2.42. The van der Waals surface area contributed by atoms with Gasteiger partial charge in [-0.25, -0.2) is 0 Å². The molecule has 4 rings (SSSR count). The molecule has 1 aliphatic heterocycles. The number of piperidine rings is 1. The van der Waals surface area contributed by atoms with Gasteiger partial charge < -0.3 is 15.0 Å². The van der Waals surface area contributed by atoms with E-state index < -0.39 is 0 Å². The van der Waals surface area contributed by atoms with E-state index in [0.29, 0.717) is 6.04 Å². The van der Waals surface area contributed by atoms with E-state index in [9.17, 15) is 4.79 Å². The zero-order valence-corrected chi connectivity index (χ0v) is 15.5. The predicted molar refractivity (Wildman–Crippen MR) is 109 cm³/mol. The van der Waals surface area contributed by atoms with E-state index in [4.69, 9.17) is 4.74 Å². The number of anilines is 1. The number of likely N-dealkylation sites (tertiary alicyclic amines) is 1. The summed E-state index contributed by atoms with van der Waals surface area (Å²) in [6.45, 7) is 1.54. The number of carbonyl (C=O) groups is 1. The smallest absolute Gasteiger partial charge is 0.254 e. The first-order valence-electron chi connectivity index (χ1n) is 9.42. The van der Waals surface area contributed by atoms with Gasteiger partial charge in [0.25, 0.3) is 5.91 Å². The molecule has 1 saturated heterocycles. The van der Waals surface area contributed by atoms with Gasteiger partial charge >= 0.3 is 0 Å². The largest absolute Gasteiger partial charge is 0.497 e. The van der Waals surface area contributed by atoms with Crippen molar-refractivity contribution in [2.75, 3.05) is 25.5 Å². The second-order valence-electron chi connectivity index (χ2n) is 6.97. The molecule has 0 spiro atoms. The SMILES string of the molecule is COc1cccc(NC2CCN(C(=O)c3cccc4ccccc34)CC2)c1. The second-order valence-corrected chi connectivity index (χ2v) is 6.97. The standard InChI is InChI=1S/C23H24N2O2/c1-27-20-9-5-8-19(16-20)24-18-12-14-25(15-13-18)23(26)22-11-4-7-17-6-2-3-10-21(17)22/h2-11,16,18,24H,12-15H2,1H3. The van der Waals surface area contributed by atoms with Crippen molar-refractivity contribution in [3.8, 4) is 5.75 Å². The third-order valence-corrected chi connectivity index (χ3v) is 5.24. The summed E-state index contributed by atoms with van der Waals surface area (Å²) in [4.78, 5) is 15.0. The van der Waals surface area contributed by atoms with E-state index in [0.717, 1.165) is 53.7 Å². The normalized spacial score (nSPS) is 14.9. The second kappa shape index (κ2) is 7.70. The monoisotopic (exact) mass is 360 g/mol. The third kappa shape index (κ3) is 3.75. The number of fused-ring (bicyclic) bond motifs is 1. The van der Waals surface area contributed by atoms with Gasteiger partial charge in [0, 0.05) is 36.4 Å². The molecule has 3 aromatic rings. The van der Waals surface area contributed by atoms with Gasteiger partial charge in [-0.05, 0) is 41.8 Å². The van der Waals surface area contributed by atoms with Crippen LogP contribution < -0.4 is 10.1 Å². The van der Waals surface area contributed by atoms with Crippen LogP contribution in [-0.4, -0.2) is 37.0 Å². The molecule has 1 N–H and O–H groups in total. The Labute approximate surface area is 159 Å². The summed E-state index contributed by atoms with van der Waals surface area (Å²) in [7, 11) is 1.68. The van der Waals surface area contributed by atoms with Crippen molar-refractivity contribution in [1.82, 2.24) is 4.90 Å². The summed E-state index contributed by atoms with van der Waals surface area (Å²) in [5.74, 6) is 0.982. The fraction of sp³-hybridized carbons (Fsp3) is 0.261. The average molecular weight is 360 g/mol.